The third-order valence-corrected chi connectivity index (χ3v) is 2.12. The third-order valence-electron chi connectivity index (χ3n) is 2.12. The van der Waals surface area contributed by atoms with E-state index >= 15 is 0 Å². The van der Waals surface area contributed by atoms with Crippen LogP contribution >= 0.6 is 0 Å². The van der Waals surface area contributed by atoms with Crippen molar-refractivity contribution in [3.05, 3.63) is 18.6 Å². The van der Waals surface area contributed by atoms with E-state index in [2.05, 4.69) is 9.97 Å². The van der Waals surface area contributed by atoms with E-state index < -0.39 is 0 Å². The molecule has 0 atom stereocenters. The normalized spacial score (nSPS) is 17.5. The van der Waals surface area contributed by atoms with Gasteiger partial charge in [0.05, 0.1) is 12.7 Å². The van der Waals surface area contributed by atoms with Crippen LogP contribution < -0.4 is 4.90 Å². The van der Waals surface area contributed by atoms with Crippen LogP contribution in [-0.2, 0) is 4.79 Å². The van der Waals surface area contributed by atoms with Crippen molar-refractivity contribution in [1.82, 2.24) is 9.97 Å². The van der Waals surface area contributed by atoms with Gasteiger partial charge < -0.3 is 4.90 Å². The van der Waals surface area contributed by atoms with Crippen LogP contribution in [0.25, 0.3) is 0 Å². The Labute approximate surface area is 76.6 Å². The summed E-state index contributed by atoms with van der Waals surface area (Å²) in [4.78, 5) is 21.2. The average Bonchev–Trinajstić information content (AvgIpc) is 2.19. The second kappa shape index (κ2) is 3.51. The number of nitrogens with zero attached hydrogens (tertiary/aromatic N) is 3. The van der Waals surface area contributed by atoms with Crippen molar-refractivity contribution in [2.75, 3.05) is 18.0 Å². The zero-order valence-corrected chi connectivity index (χ0v) is 7.31. The summed E-state index contributed by atoms with van der Waals surface area (Å²) in [7, 11) is 0. The van der Waals surface area contributed by atoms with Gasteiger partial charge in [-0.25, -0.2) is 4.98 Å². The van der Waals surface area contributed by atoms with Crippen molar-refractivity contribution < 1.29 is 4.79 Å². The molecule has 68 valence electrons. The van der Waals surface area contributed by atoms with E-state index in [1.165, 1.54) is 0 Å². The first-order valence-corrected chi connectivity index (χ1v) is 4.39. The molecule has 1 aromatic rings. The number of ketones is 1. The highest BCUT2D eigenvalue weighted by molar-refractivity contribution is 5.84. The number of carbonyl (C=O) groups excluding carboxylic acids is 1. The lowest BCUT2D eigenvalue weighted by atomic mass is 10.1. The predicted molar refractivity (Wildman–Crippen MR) is 48.5 cm³/mol. The zero-order chi connectivity index (χ0) is 9.10. The van der Waals surface area contributed by atoms with E-state index in [0.29, 0.717) is 13.0 Å². The highest BCUT2D eigenvalue weighted by Crippen LogP contribution is 2.13. The summed E-state index contributed by atoms with van der Waals surface area (Å²) in [5.74, 6) is 1.09. The summed E-state index contributed by atoms with van der Waals surface area (Å²) in [6.07, 6.45) is 6.61. The summed E-state index contributed by atoms with van der Waals surface area (Å²) in [6.45, 7) is 1.39. The first-order valence-electron chi connectivity index (χ1n) is 4.39. The van der Waals surface area contributed by atoms with Crippen LogP contribution in [0.5, 0.6) is 0 Å². The van der Waals surface area contributed by atoms with E-state index in [1.807, 2.05) is 4.90 Å². The molecule has 0 unspecified atom stereocenters. The first kappa shape index (κ1) is 8.16. The van der Waals surface area contributed by atoms with Gasteiger partial charge >= 0.3 is 0 Å². The summed E-state index contributed by atoms with van der Waals surface area (Å²) in [6, 6.07) is 0. The van der Waals surface area contributed by atoms with Crippen molar-refractivity contribution in [3.63, 3.8) is 0 Å². The third kappa shape index (κ3) is 1.83. The van der Waals surface area contributed by atoms with E-state index in [-0.39, 0.29) is 5.78 Å². The lowest BCUT2D eigenvalue weighted by Crippen LogP contribution is -2.36. The summed E-state index contributed by atoms with van der Waals surface area (Å²) in [5.41, 5.74) is 0. The average molecular weight is 177 g/mol. The second-order valence-electron chi connectivity index (χ2n) is 3.13. The molecule has 13 heavy (non-hydrogen) atoms. The minimum atomic E-state index is 0.289. The monoisotopic (exact) mass is 177 g/mol. The molecule has 1 aliphatic heterocycles. The number of hydrogen-bond acceptors (Lipinski definition) is 4. The van der Waals surface area contributed by atoms with Gasteiger partial charge in [-0.05, 0) is 6.42 Å². The molecule has 2 rings (SSSR count). The fourth-order valence-electron chi connectivity index (χ4n) is 1.49. The lowest BCUT2D eigenvalue weighted by Gasteiger charge is -2.26. The second-order valence-corrected chi connectivity index (χ2v) is 3.13. The largest absolute Gasteiger partial charge is 0.348 e. The number of aromatic nitrogens is 2. The summed E-state index contributed by atoms with van der Waals surface area (Å²) in [5, 5.41) is 0. The number of anilines is 1. The number of carbonyl (C=O) groups is 1. The topological polar surface area (TPSA) is 46.1 Å². The molecule has 0 amide bonds. The van der Waals surface area contributed by atoms with Gasteiger partial charge in [0.1, 0.15) is 5.82 Å². The molecule has 1 aliphatic rings. The molecule has 1 fully saturated rings. The van der Waals surface area contributed by atoms with Crippen LogP contribution in [0.4, 0.5) is 5.82 Å². The van der Waals surface area contributed by atoms with Crippen LogP contribution in [0.15, 0.2) is 18.6 Å². The van der Waals surface area contributed by atoms with Crippen LogP contribution in [-0.4, -0.2) is 28.8 Å². The molecular weight excluding hydrogens is 166 g/mol. The fourth-order valence-corrected chi connectivity index (χ4v) is 1.49. The van der Waals surface area contributed by atoms with Gasteiger partial charge in [0, 0.05) is 25.4 Å². The Balaban J connectivity index is 2.13. The molecule has 4 nitrogen and oxygen atoms in total. The molecule has 0 N–H and O–H groups in total. The lowest BCUT2D eigenvalue weighted by molar-refractivity contribution is -0.118. The Hall–Kier alpha value is -1.45. The smallest absolute Gasteiger partial charge is 0.152 e. The molecule has 0 radical (unpaired) electrons. The van der Waals surface area contributed by atoms with Crippen molar-refractivity contribution in [2.24, 2.45) is 0 Å². The van der Waals surface area contributed by atoms with Crippen LogP contribution in [0.2, 0.25) is 0 Å². The molecule has 0 aromatic carbocycles. The Morgan fingerprint density at radius 1 is 1.38 bits per heavy atom. The Morgan fingerprint density at radius 3 is 3.00 bits per heavy atom. The van der Waals surface area contributed by atoms with E-state index in [4.69, 9.17) is 0 Å². The highest BCUT2D eigenvalue weighted by Gasteiger charge is 2.17. The van der Waals surface area contributed by atoms with Gasteiger partial charge in [0.25, 0.3) is 0 Å². The Bertz CT molecular complexity index is 299. The molecule has 0 aliphatic carbocycles. The Kier molecular flexibility index (Phi) is 2.21. The van der Waals surface area contributed by atoms with Crippen molar-refractivity contribution >= 4 is 11.6 Å². The maximum absolute atomic E-state index is 11.2. The van der Waals surface area contributed by atoms with Crippen molar-refractivity contribution in [3.8, 4) is 0 Å². The van der Waals surface area contributed by atoms with Gasteiger partial charge in [-0.3, -0.25) is 9.78 Å². The number of rotatable bonds is 1. The zero-order valence-electron chi connectivity index (χ0n) is 7.31. The number of piperidine rings is 1. The van der Waals surface area contributed by atoms with Gasteiger partial charge in [-0.1, -0.05) is 0 Å². The first-order chi connectivity index (χ1) is 6.36. The predicted octanol–water partition coefficient (Wildman–Crippen LogP) is 0.646. The highest BCUT2D eigenvalue weighted by atomic mass is 16.1. The Morgan fingerprint density at radius 2 is 2.31 bits per heavy atom. The maximum Gasteiger partial charge on any atom is 0.152 e. The van der Waals surface area contributed by atoms with Crippen LogP contribution in [0, 0.1) is 0 Å². The van der Waals surface area contributed by atoms with Crippen molar-refractivity contribution in [1.29, 1.82) is 0 Å². The molecule has 0 saturated carbocycles. The summed E-state index contributed by atoms with van der Waals surface area (Å²) >= 11 is 0. The fraction of sp³-hybridized carbons (Fsp3) is 0.444. The molecule has 0 bridgehead atoms. The van der Waals surface area contributed by atoms with Gasteiger partial charge in [0.15, 0.2) is 5.78 Å². The van der Waals surface area contributed by atoms with Crippen LogP contribution in [0.1, 0.15) is 12.8 Å². The number of hydrogen-bond donors (Lipinski definition) is 0. The van der Waals surface area contributed by atoms with Gasteiger partial charge in [0.2, 0.25) is 0 Å². The maximum atomic E-state index is 11.2. The molecule has 1 aromatic heterocycles. The van der Waals surface area contributed by atoms with Gasteiger partial charge in [-0.15, -0.1) is 0 Å². The minimum absolute atomic E-state index is 0.289. The molecule has 2 heterocycles. The summed E-state index contributed by atoms with van der Waals surface area (Å²) < 4.78 is 0. The van der Waals surface area contributed by atoms with Gasteiger partial charge in [-0.2, -0.15) is 0 Å². The minimum Gasteiger partial charge on any atom is -0.348 e. The van der Waals surface area contributed by atoms with E-state index in [1.54, 1.807) is 18.6 Å². The standard InChI is InChI=1S/C9H11N3O/c13-8-2-1-5-12(7-8)9-6-10-3-4-11-9/h3-4,6H,1-2,5,7H2. The van der Waals surface area contributed by atoms with Crippen LogP contribution in [0.3, 0.4) is 0 Å². The van der Waals surface area contributed by atoms with Crippen molar-refractivity contribution in [2.45, 2.75) is 12.8 Å². The molecule has 1 saturated heterocycles. The van der Waals surface area contributed by atoms with E-state index in [9.17, 15) is 4.79 Å². The quantitative estimate of drug-likeness (QED) is 0.631. The molecule has 0 spiro atoms. The molecule has 4 heteroatoms. The van der Waals surface area contributed by atoms with E-state index in [0.717, 1.165) is 18.8 Å². The number of Topliss-reactive ketones (excluding diaryl/α,β-unsaturated/α-hetero) is 1. The SMILES string of the molecule is O=C1CCCN(c2cnccn2)C1. The molecular formula is C9H11N3O.